The maximum Gasteiger partial charge on any atom is 0.234 e. The molecule has 0 spiro atoms. The van der Waals surface area contributed by atoms with Crippen LogP contribution < -0.4 is 5.73 Å². The van der Waals surface area contributed by atoms with Crippen LogP contribution in [0.2, 0.25) is 0 Å². The van der Waals surface area contributed by atoms with Crippen LogP contribution in [0.1, 0.15) is 24.3 Å². The molecule has 106 valence electrons. The monoisotopic (exact) mass is 274 g/mol. The van der Waals surface area contributed by atoms with Crippen molar-refractivity contribution in [2.24, 2.45) is 5.73 Å². The number of hydrogen-bond donors (Lipinski definition) is 1. The summed E-state index contributed by atoms with van der Waals surface area (Å²) >= 11 is 0. The molecule has 1 aliphatic heterocycles. The van der Waals surface area contributed by atoms with Gasteiger partial charge in [0.05, 0.1) is 5.41 Å². The lowest BCUT2D eigenvalue weighted by Crippen LogP contribution is -2.40. The highest BCUT2D eigenvalue weighted by Gasteiger charge is 2.38. The normalized spacial score (nSPS) is 18.1. The van der Waals surface area contributed by atoms with Crippen molar-refractivity contribution in [3.63, 3.8) is 0 Å². The van der Waals surface area contributed by atoms with Gasteiger partial charge in [-0.05, 0) is 31.4 Å². The Labute approximate surface area is 117 Å². The van der Waals surface area contributed by atoms with Gasteiger partial charge in [0.15, 0.2) is 0 Å². The molecule has 0 aromatic carbocycles. The Bertz CT molecular complexity index is 590. The second kappa shape index (κ2) is 5.30. The number of nitrogens with zero attached hydrogens (tertiary/aromatic N) is 3. The van der Waals surface area contributed by atoms with Crippen molar-refractivity contribution in [2.45, 2.75) is 25.2 Å². The predicted molar refractivity (Wildman–Crippen MR) is 73.1 cm³/mol. The fraction of sp³-hybridized carbons (Fsp3) is 0.500. The Morgan fingerprint density at radius 2 is 2.15 bits per heavy atom. The third-order valence-corrected chi connectivity index (χ3v) is 3.94. The molecule has 1 saturated heterocycles. The molecule has 0 atom stereocenters. The SMILES string of the molecule is Cc1cccnc1-c1noc(C2(CN)CCOCC2)n1. The summed E-state index contributed by atoms with van der Waals surface area (Å²) < 4.78 is 10.9. The van der Waals surface area contributed by atoms with Crippen LogP contribution in [0.4, 0.5) is 0 Å². The average Bonchev–Trinajstić information content (AvgIpc) is 2.98. The molecule has 2 N–H and O–H groups in total. The largest absolute Gasteiger partial charge is 0.381 e. The first kappa shape index (κ1) is 13.2. The molecule has 3 rings (SSSR count). The van der Waals surface area contributed by atoms with Crippen molar-refractivity contribution in [2.75, 3.05) is 19.8 Å². The lowest BCUT2D eigenvalue weighted by Gasteiger charge is -2.32. The minimum atomic E-state index is -0.258. The lowest BCUT2D eigenvalue weighted by molar-refractivity contribution is 0.0409. The van der Waals surface area contributed by atoms with Crippen LogP contribution in [0.25, 0.3) is 11.5 Å². The molecule has 0 saturated carbocycles. The van der Waals surface area contributed by atoms with E-state index in [-0.39, 0.29) is 5.41 Å². The van der Waals surface area contributed by atoms with Gasteiger partial charge < -0.3 is 15.0 Å². The first-order chi connectivity index (χ1) is 9.75. The smallest absolute Gasteiger partial charge is 0.234 e. The molecule has 0 aliphatic carbocycles. The number of pyridine rings is 1. The highest BCUT2D eigenvalue weighted by Crippen LogP contribution is 2.33. The van der Waals surface area contributed by atoms with Gasteiger partial charge in [-0.1, -0.05) is 11.2 Å². The van der Waals surface area contributed by atoms with E-state index in [1.807, 2.05) is 19.1 Å². The molecule has 20 heavy (non-hydrogen) atoms. The Balaban J connectivity index is 1.95. The molecule has 1 aliphatic rings. The van der Waals surface area contributed by atoms with Gasteiger partial charge >= 0.3 is 0 Å². The summed E-state index contributed by atoms with van der Waals surface area (Å²) in [5.41, 5.74) is 7.46. The molecule has 2 aromatic rings. The van der Waals surface area contributed by atoms with E-state index in [9.17, 15) is 0 Å². The van der Waals surface area contributed by atoms with E-state index in [0.717, 1.165) is 24.1 Å². The zero-order chi connectivity index (χ0) is 14.0. The quantitative estimate of drug-likeness (QED) is 0.911. The van der Waals surface area contributed by atoms with Gasteiger partial charge in [0.2, 0.25) is 11.7 Å². The first-order valence-electron chi connectivity index (χ1n) is 6.79. The van der Waals surface area contributed by atoms with Crippen LogP contribution in [0, 0.1) is 6.92 Å². The predicted octanol–water partition coefficient (Wildman–Crippen LogP) is 1.45. The van der Waals surface area contributed by atoms with Crippen LogP contribution in [-0.4, -0.2) is 34.9 Å². The number of rotatable bonds is 3. The molecule has 6 nitrogen and oxygen atoms in total. The molecule has 2 aromatic heterocycles. The zero-order valence-electron chi connectivity index (χ0n) is 11.5. The van der Waals surface area contributed by atoms with Gasteiger partial charge in [-0.3, -0.25) is 4.98 Å². The van der Waals surface area contributed by atoms with E-state index in [1.54, 1.807) is 6.20 Å². The van der Waals surface area contributed by atoms with E-state index >= 15 is 0 Å². The summed E-state index contributed by atoms with van der Waals surface area (Å²) in [5, 5.41) is 4.07. The van der Waals surface area contributed by atoms with E-state index in [4.69, 9.17) is 15.0 Å². The second-order valence-electron chi connectivity index (χ2n) is 5.19. The fourth-order valence-corrected chi connectivity index (χ4v) is 2.52. The standard InChI is InChI=1S/C14H18N4O2/c1-10-3-2-6-16-11(10)12-17-13(20-18-12)14(9-15)4-7-19-8-5-14/h2-3,6H,4-5,7-9,15H2,1H3. The molecule has 1 fully saturated rings. The van der Waals surface area contributed by atoms with E-state index < -0.39 is 0 Å². The molecule has 0 radical (unpaired) electrons. The minimum Gasteiger partial charge on any atom is -0.381 e. The Morgan fingerprint density at radius 3 is 2.85 bits per heavy atom. The third kappa shape index (κ3) is 2.21. The van der Waals surface area contributed by atoms with Crippen LogP contribution in [0.15, 0.2) is 22.9 Å². The van der Waals surface area contributed by atoms with Crippen LogP contribution in [-0.2, 0) is 10.2 Å². The van der Waals surface area contributed by atoms with Crippen LogP contribution in [0.3, 0.4) is 0 Å². The summed E-state index contributed by atoms with van der Waals surface area (Å²) in [6.07, 6.45) is 3.35. The van der Waals surface area contributed by atoms with Crippen molar-refractivity contribution >= 4 is 0 Å². The second-order valence-corrected chi connectivity index (χ2v) is 5.19. The summed E-state index contributed by atoms with van der Waals surface area (Å²) in [7, 11) is 0. The van der Waals surface area contributed by atoms with Crippen molar-refractivity contribution in [1.29, 1.82) is 0 Å². The van der Waals surface area contributed by atoms with Gasteiger partial charge in [0.1, 0.15) is 5.69 Å². The molecule has 0 unspecified atom stereocenters. The third-order valence-electron chi connectivity index (χ3n) is 3.94. The summed E-state index contributed by atoms with van der Waals surface area (Å²) in [4.78, 5) is 8.85. The Hall–Kier alpha value is -1.79. The maximum absolute atomic E-state index is 5.95. The van der Waals surface area contributed by atoms with Crippen LogP contribution in [0.5, 0.6) is 0 Å². The molecule has 6 heteroatoms. The van der Waals surface area contributed by atoms with Gasteiger partial charge in [0.25, 0.3) is 0 Å². The number of nitrogens with two attached hydrogens (primary N) is 1. The average molecular weight is 274 g/mol. The van der Waals surface area contributed by atoms with Gasteiger partial charge in [-0.25, -0.2) is 0 Å². The van der Waals surface area contributed by atoms with Gasteiger partial charge in [0, 0.05) is 26.0 Å². The summed E-state index contributed by atoms with van der Waals surface area (Å²) in [5.74, 6) is 1.13. The van der Waals surface area contributed by atoms with Crippen molar-refractivity contribution in [3.05, 3.63) is 29.8 Å². The summed E-state index contributed by atoms with van der Waals surface area (Å²) in [6.45, 7) is 3.82. The first-order valence-corrected chi connectivity index (χ1v) is 6.79. The zero-order valence-corrected chi connectivity index (χ0v) is 11.5. The van der Waals surface area contributed by atoms with Crippen molar-refractivity contribution in [3.8, 4) is 11.5 Å². The number of ether oxygens (including phenoxy) is 1. The summed E-state index contributed by atoms with van der Waals surface area (Å²) in [6, 6.07) is 3.87. The van der Waals surface area contributed by atoms with Crippen LogP contribution >= 0.6 is 0 Å². The molecular formula is C14H18N4O2. The lowest BCUT2D eigenvalue weighted by atomic mass is 9.80. The molecular weight excluding hydrogens is 256 g/mol. The molecule has 0 bridgehead atoms. The topological polar surface area (TPSA) is 87.1 Å². The molecule has 0 amide bonds. The maximum atomic E-state index is 5.95. The van der Waals surface area contributed by atoms with Crippen molar-refractivity contribution in [1.82, 2.24) is 15.1 Å². The Morgan fingerprint density at radius 1 is 1.35 bits per heavy atom. The number of hydrogen-bond acceptors (Lipinski definition) is 6. The van der Waals surface area contributed by atoms with Gasteiger partial charge in [-0.15, -0.1) is 0 Å². The van der Waals surface area contributed by atoms with Crippen molar-refractivity contribution < 1.29 is 9.26 Å². The highest BCUT2D eigenvalue weighted by molar-refractivity contribution is 5.53. The number of aryl methyl sites for hydroxylation is 1. The molecule has 3 heterocycles. The van der Waals surface area contributed by atoms with E-state index in [2.05, 4.69) is 15.1 Å². The number of aromatic nitrogens is 3. The van der Waals surface area contributed by atoms with E-state index in [1.165, 1.54) is 0 Å². The minimum absolute atomic E-state index is 0.258. The Kier molecular flexibility index (Phi) is 3.50. The highest BCUT2D eigenvalue weighted by atomic mass is 16.5. The van der Waals surface area contributed by atoms with E-state index in [0.29, 0.717) is 31.5 Å². The fourth-order valence-electron chi connectivity index (χ4n) is 2.52. The van der Waals surface area contributed by atoms with Gasteiger partial charge in [-0.2, -0.15) is 4.98 Å².